The zero-order chi connectivity index (χ0) is 27.6. The molecule has 1 N–H and O–H groups in total. The van der Waals surface area contributed by atoms with Gasteiger partial charge in [-0.1, -0.05) is 129 Å². The summed E-state index contributed by atoms with van der Waals surface area (Å²) in [6, 6.07) is 46.5. The molecule has 6 aromatic carbocycles. The highest BCUT2D eigenvalue weighted by atomic mass is 14.9. The maximum Gasteiger partial charge on any atom is 0.0719 e. The minimum atomic E-state index is -0.0671. The van der Waals surface area contributed by atoms with Crippen molar-refractivity contribution in [2.75, 3.05) is 0 Å². The summed E-state index contributed by atoms with van der Waals surface area (Å²) in [5, 5.41) is 9.11. The molecule has 1 heterocycles. The first kappa shape index (κ1) is 24.0. The van der Waals surface area contributed by atoms with Crippen LogP contribution in [0.4, 0.5) is 0 Å². The minimum Gasteiger partial charge on any atom is -0.374 e. The van der Waals surface area contributed by atoms with Gasteiger partial charge in [0.25, 0.3) is 0 Å². The van der Waals surface area contributed by atoms with Gasteiger partial charge in [-0.15, -0.1) is 0 Å². The predicted octanol–water partition coefficient (Wildman–Crippen LogP) is 10.1. The van der Waals surface area contributed by atoms with Gasteiger partial charge >= 0.3 is 0 Å². The smallest absolute Gasteiger partial charge is 0.0719 e. The Balaban J connectivity index is 1.40. The van der Waals surface area contributed by atoms with Crippen molar-refractivity contribution in [1.29, 1.82) is 0 Å². The monoisotopic (exact) mass is 525 g/mol. The Labute approximate surface area is 241 Å². The average molecular weight is 526 g/mol. The lowest BCUT2D eigenvalue weighted by atomic mass is 9.80. The van der Waals surface area contributed by atoms with Gasteiger partial charge in [-0.05, 0) is 90.3 Å². The summed E-state index contributed by atoms with van der Waals surface area (Å²) in [7, 11) is 0. The summed E-state index contributed by atoms with van der Waals surface area (Å²) in [6.07, 6.45) is 4.76. The Morgan fingerprint density at radius 2 is 1.29 bits per heavy atom. The summed E-state index contributed by atoms with van der Waals surface area (Å²) in [4.78, 5) is 0. The summed E-state index contributed by atoms with van der Waals surface area (Å²) in [6.45, 7) is 4.74. The minimum absolute atomic E-state index is 0.00141. The number of allylic oxidation sites excluding steroid dienone is 2. The number of fused-ring (bicyclic) bond motifs is 5. The van der Waals surface area contributed by atoms with E-state index in [1.54, 1.807) is 0 Å². The molecule has 8 rings (SSSR count). The quantitative estimate of drug-likeness (QED) is 0.242. The number of benzene rings is 6. The fourth-order valence-corrected chi connectivity index (χ4v) is 7.00. The lowest BCUT2D eigenvalue weighted by molar-refractivity contribution is 0.660. The van der Waals surface area contributed by atoms with Crippen LogP contribution in [0.5, 0.6) is 0 Å². The fourth-order valence-electron chi connectivity index (χ4n) is 7.00. The molecule has 1 aliphatic heterocycles. The van der Waals surface area contributed by atoms with E-state index < -0.39 is 0 Å². The molecule has 2 aliphatic rings. The molecule has 0 amide bonds. The molecule has 0 saturated carbocycles. The van der Waals surface area contributed by atoms with Gasteiger partial charge < -0.3 is 5.32 Å². The fraction of sp³-hybridized carbons (Fsp3) is 0.100. The maximum atomic E-state index is 3.99. The Morgan fingerprint density at radius 1 is 0.585 bits per heavy atom. The van der Waals surface area contributed by atoms with Gasteiger partial charge in [0.15, 0.2) is 0 Å². The van der Waals surface area contributed by atoms with Crippen molar-refractivity contribution in [3.8, 4) is 11.1 Å². The second-order valence-electron chi connectivity index (χ2n) is 11.8. The SMILES string of the molecule is CC1(C)c2ccccc2-c2c1cc1ccccc1c2C1C=C(c2ccc3ccccc3c2)C=C(c2ccccc2)N1. The number of hydrogen-bond acceptors (Lipinski definition) is 1. The van der Waals surface area contributed by atoms with Crippen LogP contribution in [0.2, 0.25) is 0 Å². The Bertz CT molecular complexity index is 2040. The molecule has 1 unspecified atom stereocenters. The predicted molar refractivity (Wildman–Crippen MR) is 174 cm³/mol. The van der Waals surface area contributed by atoms with E-state index in [1.807, 2.05) is 0 Å². The molecule has 1 nitrogen and oxygen atoms in total. The standard InChI is InChI=1S/C40H31N/c1-40(2)34-19-11-10-18-33(34)38-35(40)23-30-16-8-9-17-32(30)39(38)37-25-31(24-36(41-37)27-13-4-3-5-14-27)29-21-20-26-12-6-7-15-28(26)22-29/h3-25,37,41H,1-2H3. The van der Waals surface area contributed by atoms with Gasteiger partial charge in [-0.2, -0.15) is 0 Å². The Morgan fingerprint density at radius 3 is 2.15 bits per heavy atom. The van der Waals surface area contributed by atoms with E-state index in [-0.39, 0.29) is 11.5 Å². The number of dihydropyridines is 1. The average Bonchev–Trinajstić information content (AvgIpc) is 3.26. The van der Waals surface area contributed by atoms with Crippen LogP contribution in [0, 0.1) is 0 Å². The third-order valence-electron chi connectivity index (χ3n) is 9.07. The Kier molecular flexibility index (Phi) is 5.30. The van der Waals surface area contributed by atoms with Crippen LogP contribution in [0.3, 0.4) is 0 Å². The Hall–Kier alpha value is -4.88. The van der Waals surface area contributed by atoms with Crippen LogP contribution in [-0.4, -0.2) is 0 Å². The van der Waals surface area contributed by atoms with Crippen molar-refractivity contribution < 1.29 is 0 Å². The first-order valence-corrected chi connectivity index (χ1v) is 14.5. The van der Waals surface area contributed by atoms with Crippen LogP contribution in [0.1, 0.15) is 47.7 Å². The van der Waals surface area contributed by atoms with Gasteiger partial charge in [-0.25, -0.2) is 0 Å². The van der Waals surface area contributed by atoms with Crippen molar-refractivity contribution >= 4 is 32.8 Å². The normalized spacial score (nSPS) is 17.0. The zero-order valence-corrected chi connectivity index (χ0v) is 23.4. The molecule has 0 saturated heterocycles. The largest absolute Gasteiger partial charge is 0.374 e. The number of nitrogens with one attached hydrogen (secondary N) is 1. The molecule has 0 radical (unpaired) electrons. The molecule has 6 aromatic rings. The van der Waals surface area contributed by atoms with Gasteiger partial charge in [0.2, 0.25) is 0 Å². The van der Waals surface area contributed by atoms with Crippen molar-refractivity contribution in [3.63, 3.8) is 0 Å². The van der Waals surface area contributed by atoms with Crippen LogP contribution < -0.4 is 5.32 Å². The summed E-state index contributed by atoms with van der Waals surface area (Å²) >= 11 is 0. The van der Waals surface area contributed by atoms with E-state index in [9.17, 15) is 0 Å². The number of rotatable bonds is 3. The highest BCUT2D eigenvalue weighted by Gasteiger charge is 2.38. The van der Waals surface area contributed by atoms with Crippen LogP contribution in [-0.2, 0) is 5.41 Å². The van der Waals surface area contributed by atoms with E-state index in [4.69, 9.17) is 0 Å². The maximum absolute atomic E-state index is 3.99. The third-order valence-corrected chi connectivity index (χ3v) is 9.07. The molecule has 0 aromatic heterocycles. The molecule has 0 fully saturated rings. The molecule has 1 aliphatic carbocycles. The number of hydrogen-bond donors (Lipinski definition) is 1. The van der Waals surface area contributed by atoms with Crippen molar-refractivity contribution in [2.24, 2.45) is 0 Å². The molecule has 196 valence electrons. The lowest BCUT2D eigenvalue weighted by Crippen LogP contribution is -2.23. The van der Waals surface area contributed by atoms with E-state index in [0.717, 1.165) is 5.70 Å². The van der Waals surface area contributed by atoms with Crippen LogP contribution >= 0.6 is 0 Å². The third kappa shape index (κ3) is 3.77. The molecular formula is C40H31N. The second kappa shape index (κ2) is 9.08. The van der Waals surface area contributed by atoms with Crippen LogP contribution in [0.25, 0.3) is 43.9 Å². The van der Waals surface area contributed by atoms with E-state index in [0.29, 0.717) is 0 Å². The summed E-state index contributed by atoms with van der Waals surface area (Å²) < 4.78 is 0. The van der Waals surface area contributed by atoms with E-state index >= 15 is 0 Å². The van der Waals surface area contributed by atoms with Gasteiger partial charge in [-0.3, -0.25) is 0 Å². The van der Waals surface area contributed by atoms with Crippen molar-refractivity contribution in [2.45, 2.75) is 25.3 Å². The lowest BCUT2D eigenvalue weighted by Gasteiger charge is -2.29. The molecule has 0 spiro atoms. The summed E-state index contributed by atoms with van der Waals surface area (Å²) in [5.41, 5.74) is 11.7. The van der Waals surface area contributed by atoms with Crippen LogP contribution in [0.15, 0.2) is 140 Å². The molecule has 1 atom stereocenters. The molecule has 1 heteroatoms. The zero-order valence-electron chi connectivity index (χ0n) is 23.4. The highest BCUT2D eigenvalue weighted by Crippen LogP contribution is 2.53. The van der Waals surface area contributed by atoms with E-state index in [1.165, 1.54) is 66.1 Å². The summed E-state index contributed by atoms with van der Waals surface area (Å²) in [5.74, 6) is 0. The first-order valence-electron chi connectivity index (χ1n) is 14.5. The van der Waals surface area contributed by atoms with Gasteiger partial charge in [0.05, 0.1) is 6.04 Å². The highest BCUT2D eigenvalue weighted by molar-refractivity contribution is 5.99. The van der Waals surface area contributed by atoms with Gasteiger partial charge in [0, 0.05) is 11.1 Å². The van der Waals surface area contributed by atoms with Crippen molar-refractivity contribution in [1.82, 2.24) is 5.32 Å². The molecule has 0 bridgehead atoms. The first-order chi connectivity index (χ1) is 20.1. The second-order valence-corrected chi connectivity index (χ2v) is 11.8. The van der Waals surface area contributed by atoms with E-state index in [2.05, 4.69) is 159 Å². The van der Waals surface area contributed by atoms with Gasteiger partial charge in [0.1, 0.15) is 0 Å². The molecule has 41 heavy (non-hydrogen) atoms. The molecular weight excluding hydrogens is 494 g/mol. The topological polar surface area (TPSA) is 12.0 Å². The van der Waals surface area contributed by atoms with Crippen molar-refractivity contribution in [3.05, 3.63) is 167 Å².